The number of hydrogen-bond donors (Lipinski definition) is 0. The van der Waals surface area contributed by atoms with Crippen molar-refractivity contribution in [1.82, 2.24) is 9.55 Å². The van der Waals surface area contributed by atoms with Crippen molar-refractivity contribution >= 4 is 23.2 Å². The second-order valence-corrected chi connectivity index (χ2v) is 6.58. The summed E-state index contributed by atoms with van der Waals surface area (Å²) < 4.78 is 8.23. The van der Waals surface area contributed by atoms with Crippen LogP contribution in [0.25, 0.3) is 0 Å². The quantitative estimate of drug-likeness (QED) is 0.562. The summed E-state index contributed by atoms with van der Waals surface area (Å²) in [5.74, 6) is 0.670. The maximum Gasteiger partial charge on any atom is 0.125 e. The Morgan fingerprint density at radius 3 is 2.42 bits per heavy atom. The van der Waals surface area contributed by atoms with Crippen LogP contribution in [-0.2, 0) is 6.54 Å². The number of aryl methyl sites for hydroxylation is 2. The zero-order chi connectivity index (χ0) is 16.9. The summed E-state index contributed by atoms with van der Waals surface area (Å²) in [5, 5.41) is 1.13. The molecule has 5 heteroatoms. The topological polar surface area (TPSA) is 27.1 Å². The van der Waals surface area contributed by atoms with Crippen LogP contribution in [0.3, 0.4) is 0 Å². The molecule has 0 spiro atoms. The minimum atomic E-state index is -0.0949. The first-order valence-corrected chi connectivity index (χ1v) is 8.51. The fraction of sp³-hybridized carbons (Fsp3) is 0.211. The third-order valence-electron chi connectivity index (χ3n) is 3.77. The number of halogens is 2. The van der Waals surface area contributed by atoms with Gasteiger partial charge in [0.15, 0.2) is 0 Å². The molecule has 0 amide bonds. The highest BCUT2D eigenvalue weighted by atomic mass is 35.5. The maximum absolute atomic E-state index is 6.20. The van der Waals surface area contributed by atoms with Crippen LogP contribution in [0.2, 0.25) is 10.0 Å². The largest absolute Gasteiger partial charge is 0.486 e. The number of ether oxygens (including phenoxy) is 1. The molecular weight excluding hydrogens is 343 g/mol. The summed E-state index contributed by atoms with van der Waals surface area (Å²) in [6, 6.07) is 13.6. The summed E-state index contributed by atoms with van der Waals surface area (Å²) in [6.45, 7) is 2.88. The lowest BCUT2D eigenvalue weighted by Crippen LogP contribution is -2.11. The van der Waals surface area contributed by atoms with Crippen LogP contribution >= 0.6 is 23.2 Å². The number of benzene rings is 2. The average molecular weight is 361 g/mol. The first-order valence-electron chi connectivity index (χ1n) is 7.75. The van der Waals surface area contributed by atoms with Gasteiger partial charge in [-0.3, -0.25) is 0 Å². The molecule has 124 valence electrons. The van der Waals surface area contributed by atoms with E-state index in [1.54, 1.807) is 24.4 Å². The van der Waals surface area contributed by atoms with Crippen LogP contribution in [0, 0.1) is 6.92 Å². The summed E-state index contributed by atoms with van der Waals surface area (Å²) in [7, 11) is 0. The molecule has 3 rings (SSSR count). The predicted molar refractivity (Wildman–Crippen MR) is 97.9 cm³/mol. The van der Waals surface area contributed by atoms with Crippen LogP contribution in [0.15, 0.2) is 61.2 Å². The van der Waals surface area contributed by atoms with Crippen LogP contribution in [0.5, 0.6) is 5.75 Å². The van der Waals surface area contributed by atoms with Gasteiger partial charge in [0.1, 0.15) is 11.9 Å². The SMILES string of the molecule is Cc1ccc([C@@H](CCn2ccnc2)Oc2cc(Cl)cc(Cl)c2)cc1. The van der Waals surface area contributed by atoms with Gasteiger partial charge in [-0.05, 0) is 30.7 Å². The van der Waals surface area contributed by atoms with Crippen molar-refractivity contribution in [3.63, 3.8) is 0 Å². The van der Waals surface area contributed by atoms with Crippen LogP contribution in [0.1, 0.15) is 23.7 Å². The molecule has 24 heavy (non-hydrogen) atoms. The molecule has 0 saturated carbocycles. The molecule has 0 aliphatic carbocycles. The van der Waals surface area contributed by atoms with Gasteiger partial charge in [0.05, 0.1) is 6.33 Å². The molecule has 0 radical (unpaired) electrons. The van der Waals surface area contributed by atoms with Crippen LogP contribution in [0.4, 0.5) is 0 Å². The molecular formula is C19H18Cl2N2O. The standard InChI is InChI=1S/C19H18Cl2N2O/c1-14-2-4-15(5-3-14)19(6-8-23-9-7-22-13-23)24-18-11-16(20)10-17(21)12-18/h2-5,7,9-13,19H,6,8H2,1H3/t19-/m1/s1. The first kappa shape index (κ1) is 16.9. The van der Waals surface area contributed by atoms with E-state index in [1.807, 2.05) is 17.1 Å². The summed E-state index contributed by atoms with van der Waals surface area (Å²) in [5.41, 5.74) is 2.34. The molecule has 0 bridgehead atoms. The summed E-state index contributed by atoms with van der Waals surface area (Å²) >= 11 is 12.2. The lowest BCUT2D eigenvalue weighted by Gasteiger charge is -2.20. The first-order chi connectivity index (χ1) is 11.6. The van der Waals surface area contributed by atoms with Gasteiger partial charge in [-0.15, -0.1) is 0 Å². The van der Waals surface area contributed by atoms with Gasteiger partial charge in [0, 0.05) is 35.4 Å². The van der Waals surface area contributed by atoms with Gasteiger partial charge in [0.2, 0.25) is 0 Å². The van der Waals surface area contributed by atoms with E-state index in [4.69, 9.17) is 27.9 Å². The van der Waals surface area contributed by atoms with Gasteiger partial charge < -0.3 is 9.30 Å². The Bertz CT molecular complexity index is 765. The number of hydrogen-bond acceptors (Lipinski definition) is 2. The zero-order valence-electron chi connectivity index (χ0n) is 13.3. The highest BCUT2D eigenvalue weighted by molar-refractivity contribution is 6.34. The molecule has 1 aromatic heterocycles. The minimum Gasteiger partial charge on any atom is -0.486 e. The molecule has 1 atom stereocenters. The maximum atomic E-state index is 6.20. The Kier molecular flexibility index (Phi) is 5.44. The van der Waals surface area contributed by atoms with E-state index in [0.717, 1.165) is 18.5 Å². The molecule has 3 nitrogen and oxygen atoms in total. The number of imidazole rings is 1. The van der Waals surface area contributed by atoms with Gasteiger partial charge in [-0.1, -0.05) is 53.0 Å². The fourth-order valence-corrected chi connectivity index (χ4v) is 3.03. The van der Waals surface area contributed by atoms with E-state index in [0.29, 0.717) is 15.8 Å². The Hall–Kier alpha value is -1.97. The van der Waals surface area contributed by atoms with Crippen LogP contribution in [-0.4, -0.2) is 9.55 Å². The Balaban J connectivity index is 1.81. The lowest BCUT2D eigenvalue weighted by molar-refractivity contribution is 0.188. The number of rotatable bonds is 6. The highest BCUT2D eigenvalue weighted by Crippen LogP contribution is 2.30. The fourth-order valence-electron chi connectivity index (χ4n) is 2.52. The number of nitrogens with zero attached hydrogens (tertiary/aromatic N) is 2. The third kappa shape index (κ3) is 4.53. The van der Waals surface area contributed by atoms with E-state index in [1.165, 1.54) is 5.56 Å². The van der Waals surface area contributed by atoms with Crippen molar-refractivity contribution in [2.75, 3.05) is 0 Å². The second kappa shape index (κ2) is 7.73. The van der Waals surface area contributed by atoms with Crippen molar-refractivity contribution < 1.29 is 4.74 Å². The smallest absolute Gasteiger partial charge is 0.125 e. The summed E-state index contributed by atoms with van der Waals surface area (Å²) in [4.78, 5) is 4.08. The Morgan fingerprint density at radius 2 is 1.79 bits per heavy atom. The summed E-state index contributed by atoms with van der Waals surface area (Å²) in [6.07, 6.45) is 6.25. The van der Waals surface area contributed by atoms with E-state index < -0.39 is 0 Å². The van der Waals surface area contributed by atoms with Crippen molar-refractivity contribution in [2.45, 2.75) is 26.0 Å². The van der Waals surface area contributed by atoms with E-state index in [9.17, 15) is 0 Å². The van der Waals surface area contributed by atoms with E-state index in [-0.39, 0.29) is 6.10 Å². The van der Waals surface area contributed by atoms with E-state index in [2.05, 4.69) is 36.2 Å². The molecule has 0 fully saturated rings. The molecule has 1 heterocycles. The minimum absolute atomic E-state index is 0.0949. The monoisotopic (exact) mass is 360 g/mol. The van der Waals surface area contributed by atoms with Crippen molar-refractivity contribution in [1.29, 1.82) is 0 Å². The molecule has 3 aromatic rings. The highest BCUT2D eigenvalue weighted by Gasteiger charge is 2.14. The van der Waals surface area contributed by atoms with Gasteiger partial charge in [-0.2, -0.15) is 0 Å². The Morgan fingerprint density at radius 1 is 1.08 bits per heavy atom. The van der Waals surface area contributed by atoms with E-state index >= 15 is 0 Å². The van der Waals surface area contributed by atoms with Crippen molar-refractivity contribution in [3.8, 4) is 5.75 Å². The molecule has 0 aliphatic heterocycles. The normalized spacial score (nSPS) is 12.1. The third-order valence-corrected chi connectivity index (χ3v) is 4.21. The second-order valence-electron chi connectivity index (χ2n) is 5.71. The van der Waals surface area contributed by atoms with Gasteiger partial charge in [-0.25, -0.2) is 4.98 Å². The van der Waals surface area contributed by atoms with Crippen molar-refractivity contribution in [3.05, 3.63) is 82.4 Å². The zero-order valence-corrected chi connectivity index (χ0v) is 14.8. The molecule has 0 aliphatic rings. The molecule has 0 unspecified atom stereocenters. The average Bonchev–Trinajstić information content (AvgIpc) is 3.05. The number of aromatic nitrogens is 2. The molecule has 0 saturated heterocycles. The van der Waals surface area contributed by atoms with Gasteiger partial charge >= 0.3 is 0 Å². The van der Waals surface area contributed by atoms with Crippen LogP contribution < -0.4 is 4.74 Å². The molecule has 2 aromatic carbocycles. The van der Waals surface area contributed by atoms with Crippen molar-refractivity contribution in [2.24, 2.45) is 0 Å². The van der Waals surface area contributed by atoms with Gasteiger partial charge in [0.25, 0.3) is 0 Å². The lowest BCUT2D eigenvalue weighted by atomic mass is 10.0. The Labute approximate surface area is 151 Å². The predicted octanol–water partition coefficient (Wildman–Crippen LogP) is 5.71. The molecule has 0 N–H and O–H groups in total.